The average molecular weight is 470 g/mol. The van der Waals surface area contributed by atoms with Crippen LogP contribution in [0, 0.1) is 6.92 Å². The summed E-state index contributed by atoms with van der Waals surface area (Å²) in [5, 5.41) is 18.9. The van der Waals surface area contributed by atoms with E-state index in [1.165, 1.54) is 42.5 Å². The normalized spacial score (nSPS) is 11.8. The Balaban J connectivity index is 0.00000225. The molecule has 0 fully saturated rings. The van der Waals surface area contributed by atoms with Gasteiger partial charge in [-0.25, -0.2) is 0 Å². The predicted octanol–water partition coefficient (Wildman–Crippen LogP) is 2.47. The van der Waals surface area contributed by atoms with Crippen molar-refractivity contribution < 1.29 is 31.0 Å². The van der Waals surface area contributed by atoms with Crippen LogP contribution in [0.1, 0.15) is 5.56 Å². The molecule has 3 aromatic rings. The van der Waals surface area contributed by atoms with Crippen LogP contribution in [0.15, 0.2) is 68.6 Å². The average Bonchev–Trinajstić information content (AvgIpc) is 2.59. The van der Waals surface area contributed by atoms with Gasteiger partial charge in [0.15, 0.2) is 0 Å². The number of nitrogens with zero attached hydrogens (tertiary/aromatic N) is 2. The van der Waals surface area contributed by atoms with Crippen LogP contribution in [0.4, 0.5) is 11.4 Å². The van der Waals surface area contributed by atoms with E-state index in [4.69, 9.17) is 9.11 Å². The van der Waals surface area contributed by atoms with Crippen LogP contribution in [0.2, 0.25) is 0 Å². The van der Waals surface area contributed by atoms with Gasteiger partial charge in [-0.2, -0.15) is 21.9 Å². The molecule has 0 aromatic heterocycles. The monoisotopic (exact) mass is 470 g/mol. The van der Waals surface area contributed by atoms with Crippen molar-refractivity contribution in [2.75, 3.05) is 0 Å². The number of azo groups is 1. The van der Waals surface area contributed by atoms with Crippen LogP contribution < -0.4 is 0 Å². The zero-order chi connectivity index (χ0) is 20.7. The molecule has 13 heteroatoms. The van der Waals surface area contributed by atoms with Crippen molar-refractivity contribution in [3.63, 3.8) is 0 Å². The molecule has 150 valence electrons. The molecule has 0 aliphatic rings. The van der Waals surface area contributed by atoms with Crippen LogP contribution in [-0.2, 0) is 20.2 Å². The number of phenolic OH excluding ortho intramolecular Hbond substituents is 1. The molecule has 0 saturated heterocycles. The van der Waals surface area contributed by atoms with E-state index in [0.717, 1.165) is 6.07 Å². The molecule has 0 heterocycles. The van der Waals surface area contributed by atoms with Gasteiger partial charge in [-0.1, -0.05) is 12.1 Å². The summed E-state index contributed by atoms with van der Waals surface area (Å²) in [5.41, 5.74) is 0.795. The van der Waals surface area contributed by atoms with E-state index < -0.39 is 20.2 Å². The molecule has 0 bridgehead atoms. The number of aryl methyl sites for hydroxylation is 1. The first-order valence-electron chi connectivity index (χ1n) is 7.70. The third-order valence-corrected chi connectivity index (χ3v) is 5.66. The number of rotatable bonds is 4. The summed E-state index contributed by atoms with van der Waals surface area (Å²) in [5.74, 6) is -0.205. The standard InChI is InChI=1S/C17H14N2O7S2.2Na.2H/c1-10-8-12(27(21,22)23)4-6-15(10)18-19-17-14-5-3-13(28(24,25)26)9-11(14)2-7-16(17)20;;;;/h2-9,20H,1H3,(H,21,22,23)(H,24,25,26);;;;. The fourth-order valence-electron chi connectivity index (χ4n) is 2.55. The molecule has 3 N–H and O–H groups in total. The quantitative estimate of drug-likeness (QED) is 0.301. The SMILES string of the molecule is Cc1cc(S(=O)(=O)O)ccc1N=Nc1c(O)ccc2cc(S(=O)(=O)O)ccc12.[NaH].[NaH]. The molecule has 9 nitrogen and oxygen atoms in total. The number of hydrogen-bond donors (Lipinski definition) is 3. The topological polar surface area (TPSA) is 154 Å². The van der Waals surface area contributed by atoms with Crippen molar-refractivity contribution in [2.24, 2.45) is 10.2 Å². The van der Waals surface area contributed by atoms with Crippen molar-refractivity contribution >= 4 is 101 Å². The molecule has 3 aromatic carbocycles. The second-order valence-electron chi connectivity index (χ2n) is 5.91. The maximum atomic E-state index is 11.3. The van der Waals surface area contributed by atoms with Crippen LogP contribution in [-0.4, -0.2) is 90.2 Å². The van der Waals surface area contributed by atoms with Gasteiger partial charge < -0.3 is 5.11 Å². The third kappa shape index (κ3) is 6.10. The minimum atomic E-state index is -4.38. The number of benzene rings is 3. The molecular weight excluding hydrogens is 454 g/mol. The van der Waals surface area contributed by atoms with E-state index in [-0.39, 0.29) is 80.3 Å². The van der Waals surface area contributed by atoms with Crippen LogP contribution in [0.25, 0.3) is 10.8 Å². The van der Waals surface area contributed by atoms with Crippen molar-refractivity contribution in [1.82, 2.24) is 0 Å². The van der Waals surface area contributed by atoms with Gasteiger partial charge in [0.1, 0.15) is 11.4 Å². The summed E-state index contributed by atoms with van der Waals surface area (Å²) in [6, 6.07) is 10.3. The summed E-state index contributed by atoms with van der Waals surface area (Å²) in [6.45, 7) is 1.57. The van der Waals surface area contributed by atoms with E-state index >= 15 is 0 Å². The Bertz CT molecular complexity index is 1340. The molecule has 0 aliphatic carbocycles. The van der Waals surface area contributed by atoms with Crippen LogP contribution in [0.3, 0.4) is 0 Å². The molecule has 0 saturated carbocycles. The van der Waals surface area contributed by atoms with E-state index in [2.05, 4.69) is 10.2 Å². The Kier molecular flexibility index (Phi) is 9.21. The van der Waals surface area contributed by atoms with Crippen LogP contribution in [0.5, 0.6) is 5.75 Å². The Labute approximate surface area is 217 Å². The summed E-state index contributed by atoms with van der Waals surface area (Å²) < 4.78 is 63.1. The van der Waals surface area contributed by atoms with Crippen molar-refractivity contribution in [3.05, 3.63) is 54.1 Å². The summed E-state index contributed by atoms with van der Waals surface area (Å²) >= 11 is 0. The fraction of sp³-hybridized carbons (Fsp3) is 0.0588. The van der Waals surface area contributed by atoms with Gasteiger partial charge in [0.2, 0.25) is 0 Å². The fourth-order valence-corrected chi connectivity index (χ4v) is 3.63. The zero-order valence-corrected chi connectivity index (χ0v) is 15.9. The summed E-state index contributed by atoms with van der Waals surface area (Å²) in [6.07, 6.45) is 0. The minimum absolute atomic E-state index is 0. The van der Waals surface area contributed by atoms with E-state index in [9.17, 15) is 21.9 Å². The molecule has 3 rings (SSSR count). The van der Waals surface area contributed by atoms with Crippen molar-refractivity contribution in [2.45, 2.75) is 16.7 Å². The van der Waals surface area contributed by atoms with Gasteiger partial charge in [0, 0.05) is 5.39 Å². The predicted molar refractivity (Wildman–Crippen MR) is 115 cm³/mol. The van der Waals surface area contributed by atoms with Crippen molar-refractivity contribution in [3.8, 4) is 5.75 Å². The Morgan fingerprint density at radius 1 is 0.767 bits per heavy atom. The zero-order valence-electron chi connectivity index (χ0n) is 14.3. The first kappa shape index (κ1) is 27.2. The van der Waals surface area contributed by atoms with Gasteiger partial charge >= 0.3 is 59.1 Å². The molecule has 0 unspecified atom stereocenters. The van der Waals surface area contributed by atoms with Gasteiger partial charge in [0.25, 0.3) is 20.2 Å². The summed E-state index contributed by atoms with van der Waals surface area (Å²) in [7, 11) is -8.72. The molecule has 0 aliphatic heterocycles. The molecule has 0 atom stereocenters. The first-order valence-corrected chi connectivity index (χ1v) is 10.6. The van der Waals surface area contributed by atoms with E-state index in [1.807, 2.05) is 0 Å². The van der Waals surface area contributed by atoms with Gasteiger partial charge in [-0.3, -0.25) is 9.11 Å². The Morgan fingerprint density at radius 3 is 1.90 bits per heavy atom. The van der Waals surface area contributed by atoms with E-state index in [0.29, 0.717) is 22.0 Å². The van der Waals surface area contributed by atoms with Gasteiger partial charge in [0.05, 0.1) is 15.5 Å². The first-order chi connectivity index (χ1) is 13.0. The molecule has 0 spiro atoms. The summed E-state index contributed by atoms with van der Waals surface area (Å²) in [4.78, 5) is -0.583. The molecular formula is C17H16N2Na2O7S2. The van der Waals surface area contributed by atoms with Gasteiger partial charge in [-0.05, 0) is 54.3 Å². The van der Waals surface area contributed by atoms with Crippen molar-refractivity contribution in [1.29, 1.82) is 0 Å². The maximum absolute atomic E-state index is 11.3. The molecule has 0 radical (unpaired) electrons. The number of fused-ring (bicyclic) bond motifs is 1. The second kappa shape index (κ2) is 10.2. The number of phenols is 1. The number of hydrogen-bond acceptors (Lipinski definition) is 7. The van der Waals surface area contributed by atoms with E-state index in [1.54, 1.807) is 6.92 Å². The Hall–Kier alpha value is -0.860. The number of aromatic hydroxyl groups is 1. The van der Waals surface area contributed by atoms with Gasteiger partial charge in [-0.15, -0.1) is 5.11 Å². The van der Waals surface area contributed by atoms with Crippen LogP contribution >= 0.6 is 0 Å². The Morgan fingerprint density at radius 2 is 1.33 bits per heavy atom. The molecule has 0 amide bonds. The third-order valence-electron chi connectivity index (χ3n) is 3.96. The molecule has 30 heavy (non-hydrogen) atoms. The second-order valence-corrected chi connectivity index (χ2v) is 8.76.